The van der Waals surface area contributed by atoms with Gasteiger partial charge < -0.3 is 5.11 Å². The number of carbonyl (C=O) groups is 1. The van der Waals surface area contributed by atoms with Crippen LogP contribution in [0, 0.1) is 5.41 Å². The molecule has 0 amide bonds. The molecule has 7 rings (SSSR count). The third kappa shape index (κ3) is 3.26. The van der Waals surface area contributed by atoms with Crippen molar-refractivity contribution in [2.24, 2.45) is 5.41 Å². The highest BCUT2D eigenvalue weighted by Crippen LogP contribution is 2.72. The summed E-state index contributed by atoms with van der Waals surface area (Å²) in [6.07, 6.45) is -2.93. The number of halogens is 4. The zero-order valence-corrected chi connectivity index (χ0v) is 21.4. The molecule has 1 unspecified atom stereocenters. The summed E-state index contributed by atoms with van der Waals surface area (Å²) in [6.45, 7) is 0. The fourth-order valence-corrected chi connectivity index (χ4v) is 7.28. The van der Waals surface area contributed by atoms with Crippen molar-refractivity contribution in [3.63, 3.8) is 0 Å². The molecule has 0 radical (unpaired) electrons. The molecule has 3 aliphatic carbocycles. The summed E-state index contributed by atoms with van der Waals surface area (Å²) >= 11 is 5.78. The number of allylic oxidation sites excluding steroid dienone is 1. The molecule has 3 aliphatic rings. The maximum Gasteiger partial charge on any atom is 0.426 e. The lowest BCUT2D eigenvalue weighted by atomic mass is 9.74. The van der Waals surface area contributed by atoms with Crippen LogP contribution in [0.5, 0.6) is 0 Å². The predicted octanol–water partition coefficient (Wildman–Crippen LogP) is 8.27. The minimum atomic E-state index is -4.85. The molecule has 1 saturated carbocycles. The Kier molecular flexibility index (Phi) is 5.03. The molecule has 0 aliphatic heterocycles. The normalized spacial score (nSPS) is 20.2. The van der Waals surface area contributed by atoms with Crippen molar-refractivity contribution in [3.8, 4) is 22.3 Å². The van der Waals surface area contributed by atoms with Gasteiger partial charge in [0.1, 0.15) is 10.4 Å². The van der Waals surface area contributed by atoms with Crippen molar-refractivity contribution in [2.75, 3.05) is 0 Å². The summed E-state index contributed by atoms with van der Waals surface area (Å²) in [7, 11) is 0. The van der Waals surface area contributed by atoms with Crippen LogP contribution in [0.25, 0.3) is 22.3 Å². The minimum absolute atomic E-state index is 0.0127. The molecule has 0 aromatic heterocycles. The monoisotopic (exact) mass is 542 g/mol. The molecule has 194 valence electrons. The molecule has 2 nitrogen and oxygen atoms in total. The summed E-state index contributed by atoms with van der Waals surface area (Å²) in [6, 6.07) is 27.6. The Hall–Kier alpha value is -3.83. The number of benzene rings is 4. The van der Waals surface area contributed by atoms with Crippen LogP contribution < -0.4 is 0 Å². The predicted molar refractivity (Wildman–Crippen MR) is 145 cm³/mol. The van der Waals surface area contributed by atoms with E-state index in [2.05, 4.69) is 0 Å². The Labute approximate surface area is 228 Å². The van der Waals surface area contributed by atoms with Crippen molar-refractivity contribution >= 4 is 17.6 Å². The van der Waals surface area contributed by atoms with Gasteiger partial charge in [0.25, 0.3) is 0 Å². The van der Waals surface area contributed by atoms with Gasteiger partial charge in [0.2, 0.25) is 0 Å². The number of carboxylic acid groups (broad SMARTS) is 1. The summed E-state index contributed by atoms with van der Waals surface area (Å²) in [5.74, 6) is -1.31. The van der Waals surface area contributed by atoms with Gasteiger partial charge in [-0.3, -0.25) is 4.79 Å². The number of fused-ring (bicyclic) bond motifs is 6. The van der Waals surface area contributed by atoms with Crippen molar-refractivity contribution in [2.45, 2.75) is 30.9 Å². The lowest BCUT2D eigenvalue weighted by molar-refractivity contribution is -0.142. The maximum absolute atomic E-state index is 13.7. The van der Waals surface area contributed by atoms with Gasteiger partial charge in [0.15, 0.2) is 0 Å². The van der Waals surface area contributed by atoms with Gasteiger partial charge in [-0.2, -0.15) is 13.2 Å². The minimum Gasteiger partial charge on any atom is -0.481 e. The van der Waals surface area contributed by atoms with Crippen LogP contribution >= 0.6 is 11.6 Å². The van der Waals surface area contributed by atoms with E-state index in [0.29, 0.717) is 12.8 Å². The Morgan fingerprint density at radius 1 is 0.744 bits per heavy atom. The molecule has 1 N–H and O–H groups in total. The second-order valence-corrected chi connectivity index (χ2v) is 11.1. The number of alkyl halides is 3. The molecule has 0 saturated heterocycles. The summed E-state index contributed by atoms with van der Waals surface area (Å²) in [5, 5.41) is 9.25. The van der Waals surface area contributed by atoms with Gasteiger partial charge in [-0.15, -0.1) is 0 Å². The van der Waals surface area contributed by atoms with Crippen LogP contribution in [0.1, 0.15) is 39.8 Å². The number of hydrogen-bond donors (Lipinski definition) is 1. The molecule has 0 spiro atoms. The molecule has 39 heavy (non-hydrogen) atoms. The van der Waals surface area contributed by atoms with Crippen LogP contribution in [0.15, 0.2) is 96.0 Å². The van der Waals surface area contributed by atoms with Gasteiger partial charge in [0.05, 0.1) is 0 Å². The average molecular weight is 543 g/mol. The number of hydrogen-bond acceptors (Lipinski definition) is 1. The van der Waals surface area contributed by atoms with E-state index in [1.807, 2.05) is 84.9 Å². The first-order valence-electron chi connectivity index (χ1n) is 12.8. The Morgan fingerprint density at radius 2 is 1.21 bits per heavy atom. The van der Waals surface area contributed by atoms with Crippen LogP contribution in [0.2, 0.25) is 0 Å². The number of aliphatic carboxylic acids is 1. The quantitative estimate of drug-likeness (QED) is 0.243. The van der Waals surface area contributed by atoms with Crippen molar-refractivity contribution < 1.29 is 23.1 Å². The topological polar surface area (TPSA) is 37.3 Å². The zero-order valence-electron chi connectivity index (χ0n) is 20.6. The molecule has 6 heteroatoms. The second kappa shape index (κ2) is 8.09. The largest absolute Gasteiger partial charge is 0.481 e. The number of rotatable bonds is 4. The molecule has 4 aromatic carbocycles. The smallest absolute Gasteiger partial charge is 0.426 e. The first-order valence-corrected chi connectivity index (χ1v) is 13.2. The molecular formula is C33H22ClF3O2. The molecule has 1 atom stereocenters. The van der Waals surface area contributed by atoms with Gasteiger partial charge in [-0.05, 0) is 81.0 Å². The van der Waals surface area contributed by atoms with Crippen molar-refractivity contribution in [3.05, 3.63) is 129 Å². The Morgan fingerprint density at radius 3 is 1.67 bits per heavy atom. The molecule has 4 aromatic rings. The molecular weight excluding hydrogens is 521 g/mol. The molecule has 1 fully saturated rings. The summed E-state index contributed by atoms with van der Waals surface area (Å²) in [5.41, 5.74) is 6.73. The van der Waals surface area contributed by atoms with Crippen LogP contribution in [-0.2, 0) is 23.1 Å². The van der Waals surface area contributed by atoms with Crippen LogP contribution in [-0.4, -0.2) is 17.3 Å². The van der Waals surface area contributed by atoms with E-state index in [-0.39, 0.29) is 6.42 Å². The van der Waals surface area contributed by atoms with Crippen molar-refractivity contribution in [1.82, 2.24) is 0 Å². The Bertz CT molecular complexity index is 1640. The highest BCUT2D eigenvalue weighted by atomic mass is 35.5. The van der Waals surface area contributed by atoms with E-state index in [0.717, 1.165) is 61.7 Å². The first kappa shape index (κ1) is 24.2. The third-order valence-electron chi connectivity index (χ3n) is 8.83. The first-order chi connectivity index (χ1) is 18.7. The fourth-order valence-electron chi connectivity index (χ4n) is 7.10. The molecule has 0 heterocycles. The number of carboxylic acids is 1. The van der Waals surface area contributed by atoms with E-state index in [1.165, 1.54) is 0 Å². The molecule has 0 bridgehead atoms. The van der Waals surface area contributed by atoms with Crippen LogP contribution in [0.3, 0.4) is 0 Å². The lowest BCUT2D eigenvalue weighted by Crippen LogP contribution is -2.29. The average Bonchev–Trinajstić information content (AvgIpc) is 3.23. The van der Waals surface area contributed by atoms with E-state index in [1.54, 1.807) is 0 Å². The summed E-state index contributed by atoms with van der Waals surface area (Å²) in [4.78, 5) is 13.1. The highest BCUT2D eigenvalue weighted by Gasteiger charge is 2.74. The second-order valence-electron chi connectivity index (χ2n) is 10.7. The fraction of sp³-hybridized carbons (Fsp3) is 0.182. The van der Waals surface area contributed by atoms with E-state index in [9.17, 15) is 23.1 Å². The SMILES string of the molecule is O=C(O)C1(C=C(Cl)C(F)(F)F)CC1(c1cccc2c1Cc1ccccc1-2)c1cccc2c1Cc1ccccc1-2. The van der Waals surface area contributed by atoms with E-state index in [4.69, 9.17) is 11.6 Å². The third-order valence-corrected chi connectivity index (χ3v) is 9.15. The lowest BCUT2D eigenvalue weighted by Gasteiger charge is -2.28. The highest BCUT2D eigenvalue weighted by molar-refractivity contribution is 6.30. The maximum atomic E-state index is 13.7. The van der Waals surface area contributed by atoms with Gasteiger partial charge >= 0.3 is 12.1 Å². The zero-order chi connectivity index (χ0) is 27.2. The van der Waals surface area contributed by atoms with Crippen molar-refractivity contribution in [1.29, 1.82) is 0 Å². The Balaban J connectivity index is 1.52. The standard InChI is InChI=1S/C33H22ClF3O2/c34-29(33(35,36)37)17-31(30(38)39)18-32(31,27-13-5-11-23-21-9-3-1-7-19(21)15-25(23)27)28-14-6-12-24-22-10-4-2-8-20(22)16-26(24)28/h1-14,17H,15-16,18H2,(H,38,39). The van der Waals surface area contributed by atoms with Gasteiger partial charge in [-0.25, -0.2) is 0 Å². The van der Waals surface area contributed by atoms with E-state index >= 15 is 0 Å². The van der Waals surface area contributed by atoms with E-state index < -0.39 is 28.0 Å². The summed E-state index contributed by atoms with van der Waals surface area (Å²) < 4.78 is 41.2. The van der Waals surface area contributed by atoms with Gasteiger partial charge in [-0.1, -0.05) is 96.5 Å². The van der Waals surface area contributed by atoms with Gasteiger partial charge in [0, 0.05) is 5.41 Å². The van der Waals surface area contributed by atoms with Crippen LogP contribution in [0.4, 0.5) is 13.2 Å².